The normalized spacial score (nSPS) is 19.1. The minimum atomic E-state index is -4.62. The van der Waals surface area contributed by atoms with Gasteiger partial charge in [0.2, 0.25) is 0 Å². The summed E-state index contributed by atoms with van der Waals surface area (Å²) in [6.45, 7) is 13.4. The van der Waals surface area contributed by atoms with Crippen LogP contribution in [0.2, 0.25) is 0 Å². The zero-order chi connectivity index (χ0) is 26.9. The van der Waals surface area contributed by atoms with Crippen molar-refractivity contribution < 1.29 is 32.3 Å². The SMILES string of the molecule is COP(=O)(O)OP(=O)(O)OCC[C@H](C)CC[CH-][C@@H](C)CC[CH-][C@H](C)CC[CH-][C@H](C)CC[CH-]C(C)C. The Morgan fingerprint density at radius 1 is 0.657 bits per heavy atom. The molecular formula is C26H52O7P2-4. The van der Waals surface area contributed by atoms with E-state index in [9.17, 15) is 14.0 Å². The van der Waals surface area contributed by atoms with Crippen LogP contribution >= 0.6 is 15.6 Å². The van der Waals surface area contributed by atoms with Gasteiger partial charge in [0, 0.05) is 7.11 Å². The van der Waals surface area contributed by atoms with Crippen molar-refractivity contribution in [1.29, 1.82) is 0 Å². The van der Waals surface area contributed by atoms with Gasteiger partial charge in [0.15, 0.2) is 0 Å². The topological polar surface area (TPSA) is 102 Å². The first-order valence-electron chi connectivity index (χ1n) is 13.2. The Hall–Kier alpha value is 0.260. The minimum absolute atomic E-state index is 0.0341. The molecule has 0 saturated heterocycles. The Morgan fingerprint density at radius 3 is 1.51 bits per heavy atom. The van der Waals surface area contributed by atoms with Crippen molar-refractivity contribution in [3.05, 3.63) is 25.7 Å². The van der Waals surface area contributed by atoms with Crippen molar-refractivity contribution in [2.24, 2.45) is 29.6 Å². The molecule has 2 N–H and O–H groups in total. The van der Waals surface area contributed by atoms with Crippen molar-refractivity contribution in [3.63, 3.8) is 0 Å². The zero-order valence-corrected chi connectivity index (χ0v) is 24.9. The van der Waals surface area contributed by atoms with E-state index in [1.807, 2.05) is 6.92 Å². The fourth-order valence-electron chi connectivity index (χ4n) is 3.70. The van der Waals surface area contributed by atoms with E-state index in [-0.39, 0.29) is 12.5 Å². The van der Waals surface area contributed by atoms with Gasteiger partial charge in [-0.05, 0) is 12.3 Å². The molecule has 0 aromatic carbocycles. The van der Waals surface area contributed by atoms with Crippen molar-refractivity contribution >= 4 is 15.6 Å². The standard InChI is InChI=1S/C26H52O7P2/c1-22(2)12-8-13-23(3)14-9-15-24(4)16-10-17-25(5)18-11-19-26(6)20-21-32-35(29,30)33-34(27,28)31-7/h12,14,16,18,22-26H,8-11,13,15,17,19-21H2,1-7H3,(H,27,28)(H,29,30)/q-4/t23-,24-,25+,26-/m1/s1. The van der Waals surface area contributed by atoms with Gasteiger partial charge in [-0.1, -0.05) is 48.0 Å². The maximum atomic E-state index is 11.7. The molecule has 212 valence electrons. The molecule has 7 nitrogen and oxygen atoms in total. The molecular weight excluding hydrogens is 486 g/mol. The lowest BCUT2D eigenvalue weighted by Gasteiger charge is -2.30. The predicted octanol–water partition coefficient (Wildman–Crippen LogP) is 8.40. The molecule has 0 saturated carbocycles. The first-order chi connectivity index (χ1) is 16.3. The highest BCUT2D eigenvalue weighted by molar-refractivity contribution is 7.61. The van der Waals surface area contributed by atoms with Gasteiger partial charge in [0.25, 0.3) is 0 Å². The summed E-state index contributed by atoms with van der Waals surface area (Å²) in [6, 6.07) is 0. The lowest BCUT2D eigenvalue weighted by molar-refractivity contribution is 0.161. The second kappa shape index (κ2) is 19.3. The van der Waals surface area contributed by atoms with Crippen LogP contribution in [0.1, 0.15) is 99.3 Å². The van der Waals surface area contributed by atoms with Gasteiger partial charge >= 0.3 is 15.6 Å². The van der Waals surface area contributed by atoms with E-state index in [2.05, 4.69) is 69.1 Å². The van der Waals surface area contributed by atoms with Gasteiger partial charge in [-0.15, -0.1) is 19.3 Å². The van der Waals surface area contributed by atoms with E-state index in [1.165, 1.54) is 25.7 Å². The Morgan fingerprint density at radius 2 is 1.09 bits per heavy atom. The zero-order valence-electron chi connectivity index (χ0n) is 23.1. The summed E-state index contributed by atoms with van der Waals surface area (Å²) in [6.07, 6.45) is 19.3. The Bertz CT molecular complexity index is 615. The highest BCUT2D eigenvalue weighted by atomic mass is 31.3. The average molecular weight is 539 g/mol. The van der Waals surface area contributed by atoms with Crippen LogP contribution in [-0.4, -0.2) is 23.5 Å². The lowest BCUT2D eigenvalue weighted by atomic mass is 9.90. The van der Waals surface area contributed by atoms with Crippen molar-refractivity contribution in [2.45, 2.75) is 99.3 Å². The number of phosphoric ester groups is 2. The Balaban J connectivity index is 3.80. The summed E-state index contributed by atoms with van der Waals surface area (Å²) in [7, 11) is -8.28. The molecule has 2 unspecified atom stereocenters. The average Bonchev–Trinajstić information content (AvgIpc) is 2.72. The number of hydrogen-bond donors (Lipinski definition) is 2. The molecule has 0 fully saturated rings. The third-order valence-corrected chi connectivity index (χ3v) is 8.79. The summed E-state index contributed by atoms with van der Waals surface area (Å²) in [4.78, 5) is 18.6. The summed E-state index contributed by atoms with van der Waals surface area (Å²) in [5.74, 6) is 2.85. The third kappa shape index (κ3) is 22.0. The molecule has 0 aliphatic heterocycles. The molecule has 0 aromatic rings. The summed E-state index contributed by atoms with van der Waals surface area (Å²) in [5, 5.41) is 0. The van der Waals surface area contributed by atoms with Crippen molar-refractivity contribution in [3.8, 4) is 0 Å². The van der Waals surface area contributed by atoms with Crippen LogP contribution in [0.25, 0.3) is 0 Å². The van der Waals surface area contributed by atoms with Crippen LogP contribution in [-0.2, 0) is 22.5 Å². The highest BCUT2D eigenvalue weighted by Gasteiger charge is 2.34. The van der Waals surface area contributed by atoms with Gasteiger partial charge in [0.1, 0.15) is 0 Å². The fourth-order valence-corrected chi connectivity index (χ4v) is 5.53. The van der Waals surface area contributed by atoms with E-state index >= 15 is 0 Å². The van der Waals surface area contributed by atoms with Crippen LogP contribution in [0.3, 0.4) is 0 Å². The van der Waals surface area contributed by atoms with E-state index < -0.39 is 15.6 Å². The van der Waals surface area contributed by atoms with E-state index in [0.29, 0.717) is 30.1 Å². The monoisotopic (exact) mass is 538 g/mol. The maximum Gasteiger partial charge on any atom is 0.481 e. The van der Waals surface area contributed by atoms with Crippen LogP contribution in [0.5, 0.6) is 0 Å². The summed E-state index contributed by atoms with van der Waals surface area (Å²) < 4.78 is 35.9. The number of hydrogen-bond acceptors (Lipinski definition) is 5. The largest absolute Gasteiger partial charge is 0.481 e. The molecule has 0 aliphatic rings. The second-order valence-corrected chi connectivity index (χ2v) is 13.5. The first-order valence-corrected chi connectivity index (χ1v) is 16.2. The van der Waals surface area contributed by atoms with Gasteiger partial charge < -0.3 is 35.5 Å². The van der Waals surface area contributed by atoms with E-state index in [0.717, 1.165) is 32.8 Å². The highest BCUT2D eigenvalue weighted by Crippen LogP contribution is 2.60. The molecule has 0 aliphatic carbocycles. The summed E-state index contributed by atoms with van der Waals surface area (Å²) in [5.41, 5.74) is 0. The van der Waals surface area contributed by atoms with Crippen LogP contribution < -0.4 is 0 Å². The molecule has 0 rings (SSSR count). The molecule has 0 aromatic heterocycles. The smallest absolute Gasteiger partial charge is 0.326 e. The van der Waals surface area contributed by atoms with E-state index in [4.69, 9.17) is 9.42 Å². The molecule has 0 heterocycles. The minimum Gasteiger partial charge on any atom is -0.326 e. The first kappa shape index (κ1) is 35.3. The predicted molar refractivity (Wildman–Crippen MR) is 144 cm³/mol. The maximum absolute atomic E-state index is 11.7. The van der Waals surface area contributed by atoms with Gasteiger partial charge in [-0.25, -0.2) is 9.13 Å². The number of phosphoric acid groups is 2. The van der Waals surface area contributed by atoms with E-state index in [1.54, 1.807) is 0 Å². The lowest BCUT2D eigenvalue weighted by Crippen LogP contribution is -2.05. The molecule has 9 heteroatoms. The molecule has 0 radical (unpaired) electrons. The quantitative estimate of drug-likeness (QED) is 0.0994. The molecule has 35 heavy (non-hydrogen) atoms. The Labute approximate surface area is 216 Å². The molecule has 0 amide bonds. The van der Waals surface area contributed by atoms with Gasteiger partial charge in [-0.3, -0.25) is 9.05 Å². The number of rotatable bonds is 23. The molecule has 0 spiro atoms. The van der Waals surface area contributed by atoms with Gasteiger partial charge in [0.05, 0.1) is 6.61 Å². The van der Waals surface area contributed by atoms with Crippen LogP contribution in [0.4, 0.5) is 0 Å². The second-order valence-electron chi connectivity index (χ2n) is 10.4. The fraction of sp³-hybridized carbons (Fsp3) is 0.846. The Kier molecular flexibility index (Phi) is 19.5. The third-order valence-electron chi connectivity index (χ3n) is 6.17. The van der Waals surface area contributed by atoms with Crippen LogP contribution in [0, 0.1) is 55.3 Å². The van der Waals surface area contributed by atoms with Crippen molar-refractivity contribution in [2.75, 3.05) is 13.7 Å². The molecule has 0 bridgehead atoms. The van der Waals surface area contributed by atoms with Crippen LogP contribution in [0.15, 0.2) is 0 Å². The van der Waals surface area contributed by atoms with Crippen molar-refractivity contribution in [1.82, 2.24) is 0 Å². The summed E-state index contributed by atoms with van der Waals surface area (Å²) >= 11 is 0. The molecule has 6 atom stereocenters. The van der Waals surface area contributed by atoms with Gasteiger partial charge in [-0.2, -0.15) is 53.7 Å².